The molecule has 0 spiro atoms. The molecule has 5 heteroatoms. The number of carbonyl (C=O) groups excluding carboxylic acids is 1. The number of nitrogens with zero attached hydrogens (tertiary/aromatic N) is 2. The van der Waals surface area contributed by atoms with Gasteiger partial charge in [0.15, 0.2) is 0 Å². The molecule has 0 aromatic heterocycles. The van der Waals surface area contributed by atoms with Gasteiger partial charge in [0.2, 0.25) is 5.91 Å². The maximum absolute atomic E-state index is 12.5. The van der Waals surface area contributed by atoms with E-state index in [-0.39, 0.29) is 11.9 Å². The first-order valence-corrected chi connectivity index (χ1v) is 9.13. The second-order valence-electron chi connectivity index (χ2n) is 6.55. The molecule has 0 aliphatic carbocycles. The van der Waals surface area contributed by atoms with E-state index in [1.54, 1.807) is 7.11 Å². The molecule has 1 heterocycles. The van der Waals surface area contributed by atoms with Gasteiger partial charge in [0.05, 0.1) is 19.3 Å². The van der Waals surface area contributed by atoms with Crippen LogP contribution < -0.4 is 15.0 Å². The van der Waals surface area contributed by atoms with Crippen molar-refractivity contribution in [3.8, 4) is 5.75 Å². The zero-order valence-corrected chi connectivity index (χ0v) is 15.5. The van der Waals surface area contributed by atoms with Gasteiger partial charge >= 0.3 is 0 Å². The minimum Gasteiger partial charge on any atom is -0.495 e. The highest BCUT2D eigenvalue weighted by molar-refractivity contribution is 5.78. The zero-order valence-electron chi connectivity index (χ0n) is 15.5. The Kier molecular flexibility index (Phi) is 6.12. The maximum atomic E-state index is 12.5. The van der Waals surface area contributed by atoms with Gasteiger partial charge in [-0.15, -0.1) is 0 Å². The van der Waals surface area contributed by atoms with Crippen molar-refractivity contribution in [2.45, 2.75) is 13.0 Å². The average molecular weight is 353 g/mol. The molecule has 1 saturated heterocycles. The van der Waals surface area contributed by atoms with Crippen molar-refractivity contribution in [3.05, 3.63) is 60.2 Å². The summed E-state index contributed by atoms with van der Waals surface area (Å²) in [6, 6.07) is 18.4. The number of ether oxygens (including phenoxy) is 1. The molecule has 1 amide bonds. The third-order valence-corrected chi connectivity index (χ3v) is 4.92. The van der Waals surface area contributed by atoms with Crippen LogP contribution in [0.2, 0.25) is 0 Å². The molecular formula is C21H27N3O2. The summed E-state index contributed by atoms with van der Waals surface area (Å²) in [5, 5.41) is 3.33. The molecule has 3 rings (SSSR count). The molecule has 138 valence electrons. The summed E-state index contributed by atoms with van der Waals surface area (Å²) >= 11 is 0. The summed E-state index contributed by atoms with van der Waals surface area (Å²) in [4.78, 5) is 16.7. The van der Waals surface area contributed by atoms with Gasteiger partial charge in [-0.25, -0.2) is 0 Å². The van der Waals surface area contributed by atoms with Gasteiger partial charge in [0.1, 0.15) is 5.75 Å². The van der Waals surface area contributed by atoms with Gasteiger partial charge in [-0.1, -0.05) is 42.5 Å². The van der Waals surface area contributed by atoms with E-state index < -0.39 is 0 Å². The number of amides is 1. The van der Waals surface area contributed by atoms with Crippen LogP contribution in [0.5, 0.6) is 5.75 Å². The highest BCUT2D eigenvalue weighted by Gasteiger charge is 2.22. The highest BCUT2D eigenvalue weighted by Crippen LogP contribution is 2.28. The molecule has 26 heavy (non-hydrogen) atoms. The molecule has 0 saturated carbocycles. The minimum absolute atomic E-state index is 0.160. The van der Waals surface area contributed by atoms with E-state index in [1.807, 2.05) is 41.3 Å². The topological polar surface area (TPSA) is 44.8 Å². The number of hydrogen-bond donors (Lipinski definition) is 1. The Morgan fingerprint density at radius 2 is 1.69 bits per heavy atom. The van der Waals surface area contributed by atoms with Gasteiger partial charge in [0.25, 0.3) is 0 Å². The van der Waals surface area contributed by atoms with Crippen molar-refractivity contribution in [1.29, 1.82) is 0 Å². The fourth-order valence-electron chi connectivity index (χ4n) is 3.30. The molecule has 1 fully saturated rings. The Balaban J connectivity index is 1.49. The molecule has 0 unspecified atom stereocenters. The lowest BCUT2D eigenvalue weighted by Gasteiger charge is -2.36. The Labute approximate surface area is 155 Å². The van der Waals surface area contributed by atoms with Crippen LogP contribution in [0.3, 0.4) is 0 Å². The normalized spacial score (nSPS) is 15.6. The number of rotatable bonds is 6. The van der Waals surface area contributed by atoms with Gasteiger partial charge in [-0.3, -0.25) is 4.79 Å². The molecule has 2 aromatic rings. The first kappa shape index (κ1) is 18.3. The number of methoxy groups -OCH3 is 1. The third-order valence-electron chi connectivity index (χ3n) is 4.92. The molecule has 1 N–H and O–H groups in total. The van der Waals surface area contributed by atoms with Crippen molar-refractivity contribution in [2.75, 3.05) is 44.7 Å². The molecule has 2 aromatic carbocycles. The summed E-state index contributed by atoms with van der Waals surface area (Å²) in [5.74, 6) is 1.04. The molecular weight excluding hydrogens is 326 g/mol. The highest BCUT2D eigenvalue weighted by atomic mass is 16.5. The fourth-order valence-corrected chi connectivity index (χ4v) is 3.30. The number of piperazine rings is 1. The van der Waals surface area contributed by atoms with Gasteiger partial charge in [-0.05, 0) is 24.6 Å². The smallest absolute Gasteiger partial charge is 0.236 e. The lowest BCUT2D eigenvalue weighted by atomic mass is 10.1. The quantitative estimate of drug-likeness (QED) is 0.867. The summed E-state index contributed by atoms with van der Waals surface area (Å²) in [6.07, 6.45) is 0. The second kappa shape index (κ2) is 8.72. The van der Waals surface area contributed by atoms with E-state index in [9.17, 15) is 4.79 Å². The number of anilines is 1. The Morgan fingerprint density at radius 3 is 2.38 bits per heavy atom. The number of carbonyl (C=O) groups is 1. The Hall–Kier alpha value is -2.53. The van der Waals surface area contributed by atoms with Crippen LogP contribution in [0.1, 0.15) is 18.5 Å². The third kappa shape index (κ3) is 4.35. The Morgan fingerprint density at radius 1 is 1.04 bits per heavy atom. The van der Waals surface area contributed by atoms with Crippen LogP contribution in [-0.2, 0) is 4.79 Å². The van der Waals surface area contributed by atoms with E-state index in [4.69, 9.17) is 4.74 Å². The second-order valence-corrected chi connectivity index (χ2v) is 6.55. The minimum atomic E-state index is 0.160. The number of para-hydroxylation sites is 2. The van der Waals surface area contributed by atoms with Crippen LogP contribution in [0.25, 0.3) is 0 Å². The molecule has 0 radical (unpaired) electrons. The van der Waals surface area contributed by atoms with Crippen LogP contribution in [0, 0.1) is 0 Å². The van der Waals surface area contributed by atoms with E-state index in [0.717, 1.165) is 37.6 Å². The largest absolute Gasteiger partial charge is 0.495 e. The van der Waals surface area contributed by atoms with Crippen LogP contribution >= 0.6 is 0 Å². The van der Waals surface area contributed by atoms with E-state index >= 15 is 0 Å². The SMILES string of the molecule is COc1ccccc1N1CCN(C(=O)CN[C@@H](C)c2ccccc2)CC1. The summed E-state index contributed by atoms with van der Waals surface area (Å²) < 4.78 is 5.45. The number of hydrogen-bond acceptors (Lipinski definition) is 4. The maximum Gasteiger partial charge on any atom is 0.236 e. The van der Waals surface area contributed by atoms with Gasteiger partial charge in [0, 0.05) is 32.2 Å². The summed E-state index contributed by atoms with van der Waals surface area (Å²) in [6.45, 7) is 5.56. The Bertz CT molecular complexity index is 712. The molecule has 1 atom stereocenters. The average Bonchev–Trinajstić information content (AvgIpc) is 2.72. The van der Waals surface area contributed by atoms with Gasteiger partial charge < -0.3 is 19.9 Å². The standard InChI is InChI=1S/C21H27N3O2/c1-17(18-8-4-3-5-9-18)22-16-21(25)24-14-12-23(13-15-24)19-10-6-7-11-20(19)26-2/h3-11,17,22H,12-16H2,1-2H3/t17-/m0/s1. The number of benzene rings is 2. The monoisotopic (exact) mass is 353 g/mol. The van der Waals surface area contributed by atoms with Crippen molar-refractivity contribution in [2.24, 2.45) is 0 Å². The van der Waals surface area contributed by atoms with Crippen molar-refractivity contribution < 1.29 is 9.53 Å². The van der Waals surface area contributed by atoms with Crippen molar-refractivity contribution in [3.63, 3.8) is 0 Å². The van der Waals surface area contributed by atoms with Crippen molar-refractivity contribution in [1.82, 2.24) is 10.2 Å². The lowest BCUT2D eigenvalue weighted by Crippen LogP contribution is -2.51. The van der Waals surface area contributed by atoms with Crippen molar-refractivity contribution >= 4 is 11.6 Å². The van der Waals surface area contributed by atoms with Crippen LogP contribution in [-0.4, -0.2) is 50.6 Å². The number of nitrogens with one attached hydrogen (secondary N) is 1. The fraction of sp³-hybridized carbons (Fsp3) is 0.381. The van der Waals surface area contributed by atoms with Gasteiger partial charge in [-0.2, -0.15) is 0 Å². The predicted octanol–water partition coefficient (Wildman–Crippen LogP) is 2.69. The molecule has 5 nitrogen and oxygen atoms in total. The first-order valence-electron chi connectivity index (χ1n) is 9.13. The lowest BCUT2D eigenvalue weighted by molar-refractivity contribution is -0.130. The molecule has 0 bridgehead atoms. The van der Waals surface area contributed by atoms with E-state index in [1.165, 1.54) is 5.56 Å². The first-order chi connectivity index (χ1) is 12.7. The van der Waals surface area contributed by atoms with E-state index in [0.29, 0.717) is 6.54 Å². The predicted molar refractivity (Wildman–Crippen MR) is 105 cm³/mol. The summed E-state index contributed by atoms with van der Waals surface area (Å²) in [7, 11) is 1.69. The van der Waals surface area contributed by atoms with Crippen LogP contribution in [0.15, 0.2) is 54.6 Å². The molecule has 1 aliphatic rings. The summed E-state index contributed by atoms with van der Waals surface area (Å²) in [5.41, 5.74) is 2.29. The van der Waals surface area contributed by atoms with E-state index in [2.05, 4.69) is 35.3 Å². The van der Waals surface area contributed by atoms with Crippen LogP contribution in [0.4, 0.5) is 5.69 Å². The molecule has 1 aliphatic heterocycles. The zero-order chi connectivity index (χ0) is 18.4.